The van der Waals surface area contributed by atoms with Gasteiger partial charge in [-0.3, -0.25) is 4.79 Å². The van der Waals surface area contributed by atoms with Gasteiger partial charge in [-0.25, -0.2) is 0 Å². The lowest BCUT2D eigenvalue weighted by molar-refractivity contribution is 0.0920. The lowest BCUT2D eigenvalue weighted by Crippen LogP contribution is -2.51. The minimum atomic E-state index is 0.0288. The van der Waals surface area contributed by atoms with Crippen LogP contribution in [0.25, 0.3) is 0 Å². The van der Waals surface area contributed by atoms with Gasteiger partial charge >= 0.3 is 0 Å². The topological polar surface area (TPSA) is 41.1 Å². The fourth-order valence-electron chi connectivity index (χ4n) is 2.08. The third-order valence-electron chi connectivity index (χ3n) is 3.11. The standard InChI is InChI=1S/C13H18N2O/c1-10-12(8-5-9-14-10)15-13(16)11-6-3-2-4-7-11/h2-4,6-7,10,12,14H,5,8-9H2,1H3,(H,15,16)/t10-,12+/m1/s1. The summed E-state index contributed by atoms with van der Waals surface area (Å²) < 4.78 is 0. The number of rotatable bonds is 2. The Balaban J connectivity index is 1.96. The summed E-state index contributed by atoms with van der Waals surface area (Å²) in [6.45, 7) is 3.17. The lowest BCUT2D eigenvalue weighted by atomic mass is 9.99. The Kier molecular flexibility index (Phi) is 3.57. The molecule has 2 atom stereocenters. The van der Waals surface area contributed by atoms with Crippen molar-refractivity contribution >= 4 is 5.91 Å². The first kappa shape index (κ1) is 11.1. The average molecular weight is 218 g/mol. The number of nitrogens with one attached hydrogen (secondary N) is 2. The largest absolute Gasteiger partial charge is 0.348 e. The molecule has 0 radical (unpaired) electrons. The van der Waals surface area contributed by atoms with E-state index in [4.69, 9.17) is 0 Å². The first-order valence-electron chi connectivity index (χ1n) is 5.86. The van der Waals surface area contributed by atoms with E-state index in [1.54, 1.807) is 0 Å². The zero-order valence-corrected chi connectivity index (χ0v) is 9.57. The molecule has 3 heteroatoms. The van der Waals surface area contributed by atoms with Gasteiger partial charge in [0.05, 0.1) is 0 Å². The maximum absolute atomic E-state index is 11.9. The van der Waals surface area contributed by atoms with Crippen molar-refractivity contribution in [2.45, 2.75) is 31.8 Å². The highest BCUT2D eigenvalue weighted by Crippen LogP contribution is 2.09. The number of hydrogen-bond acceptors (Lipinski definition) is 2. The SMILES string of the molecule is C[C@H]1NCCC[C@@H]1NC(=O)c1ccccc1. The third kappa shape index (κ3) is 2.61. The van der Waals surface area contributed by atoms with Gasteiger partial charge in [-0.2, -0.15) is 0 Å². The van der Waals surface area contributed by atoms with E-state index in [0.717, 1.165) is 24.9 Å². The monoisotopic (exact) mass is 218 g/mol. The molecule has 0 saturated carbocycles. The second kappa shape index (κ2) is 5.12. The molecule has 0 bridgehead atoms. The van der Waals surface area contributed by atoms with Gasteiger partial charge in [0.25, 0.3) is 5.91 Å². The molecule has 2 rings (SSSR count). The van der Waals surface area contributed by atoms with Crippen molar-refractivity contribution in [3.8, 4) is 0 Å². The second-order valence-electron chi connectivity index (χ2n) is 4.33. The van der Waals surface area contributed by atoms with Crippen molar-refractivity contribution in [2.24, 2.45) is 0 Å². The molecule has 0 unspecified atom stereocenters. The van der Waals surface area contributed by atoms with Crippen LogP contribution in [0, 0.1) is 0 Å². The highest BCUT2D eigenvalue weighted by atomic mass is 16.1. The van der Waals surface area contributed by atoms with Crippen LogP contribution < -0.4 is 10.6 Å². The summed E-state index contributed by atoms with van der Waals surface area (Å²) in [5.74, 6) is 0.0288. The van der Waals surface area contributed by atoms with Crippen molar-refractivity contribution in [2.75, 3.05) is 6.54 Å². The molecule has 0 aliphatic carbocycles. The zero-order chi connectivity index (χ0) is 11.4. The minimum absolute atomic E-state index is 0.0288. The smallest absolute Gasteiger partial charge is 0.251 e. The molecule has 16 heavy (non-hydrogen) atoms. The van der Waals surface area contributed by atoms with Gasteiger partial charge in [0.15, 0.2) is 0 Å². The Bertz CT molecular complexity index is 350. The Morgan fingerprint density at radius 3 is 2.81 bits per heavy atom. The van der Waals surface area contributed by atoms with Crippen molar-refractivity contribution < 1.29 is 4.79 Å². The molecule has 86 valence electrons. The van der Waals surface area contributed by atoms with Crippen LogP contribution in [0.4, 0.5) is 0 Å². The van der Waals surface area contributed by atoms with E-state index < -0.39 is 0 Å². The van der Waals surface area contributed by atoms with Crippen molar-refractivity contribution in [1.29, 1.82) is 0 Å². The van der Waals surface area contributed by atoms with Gasteiger partial charge < -0.3 is 10.6 Å². The zero-order valence-electron chi connectivity index (χ0n) is 9.57. The van der Waals surface area contributed by atoms with E-state index in [1.165, 1.54) is 0 Å². The highest BCUT2D eigenvalue weighted by molar-refractivity contribution is 5.94. The molecule has 1 saturated heterocycles. The number of carbonyl (C=O) groups is 1. The average Bonchev–Trinajstić information content (AvgIpc) is 2.33. The molecule has 1 aromatic rings. The molecule has 1 aliphatic rings. The van der Waals surface area contributed by atoms with E-state index in [2.05, 4.69) is 17.6 Å². The molecule has 0 spiro atoms. The van der Waals surface area contributed by atoms with E-state index in [1.807, 2.05) is 30.3 Å². The summed E-state index contributed by atoms with van der Waals surface area (Å²) in [4.78, 5) is 11.9. The van der Waals surface area contributed by atoms with Gasteiger partial charge in [0.1, 0.15) is 0 Å². The molecule has 0 aromatic heterocycles. The van der Waals surface area contributed by atoms with E-state index in [0.29, 0.717) is 6.04 Å². The van der Waals surface area contributed by atoms with E-state index in [9.17, 15) is 4.79 Å². The molecular formula is C13H18N2O. The predicted molar refractivity (Wildman–Crippen MR) is 64.4 cm³/mol. The minimum Gasteiger partial charge on any atom is -0.348 e. The van der Waals surface area contributed by atoms with Crippen LogP contribution in [-0.4, -0.2) is 24.5 Å². The van der Waals surface area contributed by atoms with Crippen LogP contribution in [0.5, 0.6) is 0 Å². The highest BCUT2D eigenvalue weighted by Gasteiger charge is 2.22. The Hall–Kier alpha value is -1.35. The number of piperidine rings is 1. The van der Waals surface area contributed by atoms with Crippen LogP contribution in [0.1, 0.15) is 30.1 Å². The summed E-state index contributed by atoms with van der Waals surface area (Å²) in [5.41, 5.74) is 0.736. The number of benzene rings is 1. The lowest BCUT2D eigenvalue weighted by Gasteiger charge is -2.30. The Morgan fingerprint density at radius 1 is 1.38 bits per heavy atom. The van der Waals surface area contributed by atoms with E-state index >= 15 is 0 Å². The van der Waals surface area contributed by atoms with Gasteiger partial charge in [0.2, 0.25) is 0 Å². The predicted octanol–water partition coefficient (Wildman–Crippen LogP) is 1.56. The van der Waals surface area contributed by atoms with Gasteiger partial charge in [0, 0.05) is 17.6 Å². The van der Waals surface area contributed by atoms with Gasteiger partial charge in [-0.15, -0.1) is 0 Å². The Labute approximate surface area is 96.2 Å². The summed E-state index contributed by atoms with van der Waals surface area (Å²) in [7, 11) is 0. The third-order valence-corrected chi connectivity index (χ3v) is 3.11. The summed E-state index contributed by atoms with van der Waals surface area (Å²) in [5, 5.41) is 6.46. The van der Waals surface area contributed by atoms with Crippen molar-refractivity contribution in [1.82, 2.24) is 10.6 Å². The summed E-state index contributed by atoms with van der Waals surface area (Å²) >= 11 is 0. The number of amides is 1. The van der Waals surface area contributed by atoms with Gasteiger partial charge in [-0.1, -0.05) is 18.2 Å². The first-order chi connectivity index (χ1) is 7.77. The van der Waals surface area contributed by atoms with E-state index in [-0.39, 0.29) is 11.9 Å². The van der Waals surface area contributed by atoms with Crippen molar-refractivity contribution in [3.05, 3.63) is 35.9 Å². The summed E-state index contributed by atoms with van der Waals surface area (Å²) in [6, 6.07) is 9.99. The quantitative estimate of drug-likeness (QED) is 0.791. The number of carbonyl (C=O) groups excluding carboxylic acids is 1. The van der Waals surface area contributed by atoms with Crippen LogP contribution in [0.15, 0.2) is 30.3 Å². The molecule has 2 N–H and O–H groups in total. The molecule has 1 heterocycles. The van der Waals surface area contributed by atoms with Crippen LogP contribution >= 0.6 is 0 Å². The van der Waals surface area contributed by atoms with Crippen LogP contribution in [0.3, 0.4) is 0 Å². The maximum atomic E-state index is 11.9. The van der Waals surface area contributed by atoms with Gasteiger partial charge in [-0.05, 0) is 38.4 Å². The molecule has 3 nitrogen and oxygen atoms in total. The van der Waals surface area contributed by atoms with Crippen LogP contribution in [0.2, 0.25) is 0 Å². The molecular weight excluding hydrogens is 200 g/mol. The molecule has 1 fully saturated rings. The molecule has 1 amide bonds. The summed E-state index contributed by atoms with van der Waals surface area (Å²) in [6.07, 6.45) is 2.19. The Morgan fingerprint density at radius 2 is 2.12 bits per heavy atom. The van der Waals surface area contributed by atoms with Crippen LogP contribution in [-0.2, 0) is 0 Å². The second-order valence-corrected chi connectivity index (χ2v) is 4.33. The fourth-order valence-corrected chi connectivity index (χ4v) is 2.08. The molecule has 1 aromatic carbocycles. The first-order valence-corrected chi connectivity index (χ1v) is 5.86. The van der Waals surface area contributed by atoms with Crippen molar-refractivity contribution in [3.63, 3.8) is 0 Å². The maximum Gasteiger partial charge on any atom is 0.251 e. The number of hydrogen-bond donors (Lipinski definition) is 2. The fraction of sp³-hybridized carbons (Fsp3) is 0.462. The normalized spacial score (nSPS) is 25.1. The molecule has 1 aliphatic heterocycles.